The summed E-state index contributed by atoms with van der Waals surface area (Å²) in [6.45, 7) is 5.02. The molecule has 2 aromatic heterocycles. The number of ether oxygens (including phenoxy) is 3. The predicted octanol–water partition coefficient (Wildman–Crippen LogP) is 32.2. The molecule has 8 saturated carbocycles. The lowest BCUT2D eigenvalue weighted by atomic mass is 9.43. The maximum Gasteiger partial charge on any atom is 0.172 e. The van der Waals surface area contributed by atoms with Crippen molar-refractivity contribution in [2.75, 3.05) is 9.80 Å². The molecule has 17 aromatic carbocycles. The molecule has 0 saturated heterocycles. The summed E-state index contributed by atoms with van der Waals surface area (Å²) in [6.07, 6.45) is 14.1. The quantitative estimate of drug-likeness (QED) is 0.120. The van der Waals surface area contributed by atoms with E-state index in [1.165, 1.54) is 158 Å². The lowest BCUT2D eigenvalue weighted by Gasteiger charge is -2.61. The van der Waals surface area contributed by atoms with Crippen LogP contribution in [-0.4, -0.2) is 12.6 Å². The van der Waals surface area contributed by atoms with Crippen molar-refractivity contribution >= 4 is 96.3 Å². The van der Waals surface area contributed by atoms with Crippen LogP contribution in [0.1, 0.15) is 86.5 Å². The van der Waals surface area contributed by atoms with Gasteiger partial charge in [0.05, 0.1) is 22.4 Å². The van der Waals surface area contributed by atoms with Crippen LogP contribution in [0.15, 0.2) is 387 Å². The van der Waals surface area contributed by atoms with Gasteiger partial charge in [0.2, 0.25) is 0 Å². The molecule has 2 spiro atoms. The summed E-state index contributed by atoms with van der Waals surface area (Å²) < 4.78 is 29.7. The zero-order valence-corrected chi connectivity index (χ0v) is 75.0. The Bertz CT molecular complexity index is 7830. The van der Waals surface area contributed by atoms with E-state index in [0.29, 0.717) is 11.5 Å². The molecule has 7 nitrogen and oxygen atoms in total. The van der Waals surface area contributed by atoms with E-state index in [-0.39, 0.29) is 10.8 Å². The third-order valence-electron chi connectivity index (χ3n) is 33.1. The number of anilines is 6. The Morgan fingerprint density at radius 2 is 0.682 bits per heavy atom. The molecule has 0 atom stereocenters. The van der Waals surface area contributed by atoms with E-state index >= 15 is 0 Å². The van der Waals surface area contributed by atoms with Crippen molar-refractivity contribution in [2.45, 2.75) is 88.1 Å². The highest BCUT2D eigenvalue weighted by Gasteiger charge is 2.63. The van der Waals surface area contributed by atoms with Crippen LogP contribution in [-0.2, 0) is 10.8 Å². The Balaban J connectivity index is 0.000000132. The van der Waals surface area contributed by atoms with Gasteiger partial charge in [-0.3, -0.25) is 0 Å². The molecule has 0 amide bonds. The molecule has 0 unspecified atom stereocenters. The SMILES string of the molecule is C[Si]1(C)c2ccc(N(c3ccc(-c4ccccc4)cc3)c3cccc4c3oc3ccccc34)cc2Oc2cccc(-c3ccc4c(c3)-c3ccccc3C43C4CC5CC(C4)CC3C5)c21.c1ccc(-c2ccc(N(c3ccc(-n4c5ccccc5c5ccccc54)cc3)c3ccc4c(c3)Oc3cc(-c5ccc6c(c5)-c5ccccc5C65C6CC7CC(C6)CC5C7)ccc3O4)cc2)cc1. The van der Waals surface area contributed by atoms with Crippen molar-refractivity contribution in [3.05, 3.63) is 404 Å². The van der Waals surface area contributed by atoms with Gasteiger partial charge in [-0.05, 0) is 332 Å². The number of rotatable bonds is 11. The number of fused-ring (bicyclic) bond motifs is 16. The predicted molar refractivity (Wildman–Crippen MR) is 542 cm³/mol. The van der Waals surface area contributed by atoms with Gasteiger partial charge in [-0.1, -0.05) is 262 Å². The smallest absolute Gasteiger partial charge is 0.172 e. The summed E-state index contributed by atoms with van der Waals surface area (Å²) in [5.41, 5.74) is 33.6. The number of furan rings is 1. The van der Waals surface area contributed by atoms with E-state index in [9.17, 15) is 0 Å². The fourth-order valence-electron chi connectivity index (χ4n) is 28.2. The van der Waals surface area contributed by atoms with Gasteiger partial charge in [0.25, 0.3) is 0 Å². The molecule has 8 bridgehead atoms. The summed E-state index contributed by atoms with van der Waals surface area (Å²) in [6, 6.07) is 140. The van der Waals surface area contributed by atoms with Crippen LogP contribution in [0.25, 0.3) is 116 Å². The van der Waals surface area contributed by atoms with Crippen LogP contribution in [0.4, 0.5) is 34.1 Å². The fraction of sp³-hybridized carbons (Fsp3) is 0.177. The van der Waals surface area contributed by atoms with Gasteiger partial charge in [0.15, 0.2) is 28.6 Å². The van der Waals surface area contributed by atoms with Crippen molar-refractivity contribution in [1.82, 2.24) is 4.57 Å². The van der Waals surface area contributed by atoms with E-state index in [4.69, 9.17) is 18.6 Å². The van der Waals surface area contributed by atoms with Crippen molar-refractivity contribution in [1.29, 1.82) is 0 Å². The molecule has 636 valence electrons. The summed E-state index contributed by atoms with van der Waals surface area (Å²) in [4.78, 5) is 4.64. The molecule has 0 radical (unpaired) electrons. The molecule has 4 heterocycles. The Hall–Kier alpha value is -14.4. The van der Waals surface area contributed by atoms with Crippen LogP contribution >= 0.6 is 0 Å². The summed E-state index contributed by atoms with van der Waals surface area (Å²) in [7, 11) is -2.31. The lowest BCUT2D eigenvalue weighted by molar-refractivity contribution is -0.0399. The molecule has 132 heavy (non-hydrogen) atoms. The highest BCUT2D eigenvalue weighted by Crippen LogP contribution is 2.72. The van der Waals surface area contributed by atoms with Crippen LogP contribution in [0.2, 0.25) is 13.1 Å². The van der Waals surface area contributed by atoms with Crippen LogP contribution < -0.4 is 34.4 Å². The topological polar surface area (TPSA) is 52.2 Å². The molecule has 2 aliphatic heterocycles. The van der Waals surface area contributed by atoms with Gasteiger partial charge in [0, 0.05) is 72.9 Å². The molecule has 10 aliphatic carbocycles. The van der Waals surface area contributed by atoms with Crippen molar-refractivity contribution in [3.63, 3.8) is 0 Å². The zero-order valence-electron chi connectivity index (χ0n) is 74.0. The summed E-state index contributed by atoms with van der Waals surface area (Å²) in [5.74, 6) is 11.5. The minimum Gasteiger partial charge on any atom is -0.457 e. The number of hydrogen-bond acceptors (Lipinski definition) is 6. The Morgan fingerprint density at radius 3 is 1.29 bits per heavy atom. The first-order chi connectivity index (χ1) is 65.1. The van der Waals surface area contributed by atoms with Gasteiger partial charge in [0.1, 0.15) is 25.2 Å². The van der Waals surface area contributed by atoms with E-state index in [2.05, 4.69) is 398 Å². The van der Waals surface area contributed by atoms with Gasteiger partial charge >= 0.3 is 0 Å². The second-order valence-corrected chi connectivity index (χ2v) is 44.5. The first kappa shape index (κ1) is 76.4. The monoisotopic (exact) mass is 1720 g/mol. The standard InChI is InChI=1S/C64H48N2O2.C60H49NO2Si/c1-2-10-42(11-3-1)43-18-22-48(23-19-43)65(49-24-26-50(27-25-49)66-58-16-8-5-13-53(58)54-14-6-9-17-59(54)66)51-28-31-61-63(39-51)68-62-38-45(21-30-60(62)67-61)44-20-29-57-55(37-44)52-12-4-7-15-56(52)64(57)46-33-40-32-41(35-46)36-47(64)34-40;1-64(2)57-29-27-45(61(44-25-22-40(23-26-44)39-12-4-3-5-13-39)53-19-10-17-49-48-15-7-9-20-54(48)63-58(49)53)36-56(57)62-55-21-11-16-46(59(55)64)41-24-28-52-50(35-41)47-14-6-8-18-51(47)60(52)42-31-37-30-38(33-42)34-43(60)32-37/h1-31,37-41,46-47H,32-36H2;3-29,35-38,42-43H,30-34H2,1-2H3. The Labute approximate surface area is 770 Å². The first-order valence-corrected chi connectivity index (χ1v) is 51.1. The molecule has 8 fully saturated rings. The van der Waals surface area contributed by atoms with Gasteiger partial charge in [-0.25, -0.2) is 0 Å². The Morgan fingerprint density at radius 1 is 0.273 bits per heavy atom. The fourth-order valence-corrected chi connectivity index (χ4v) is 31.3. The number of para-hydroxylation sites is 4. The summed E-state index contributed by atoms with van der Waals surface area (Å²) in [5, 5.41) is 7.42. The van der Waals surface area contributed by atoms with Crippen LogP contribution in [0.3, 0.4) is 0 Å². The minimum atomic E-state index is -2.31. The van der Waals surface area contributed by atoms with Crippen LogP contribution in [0.5, 0.6) is 34.5 Å². The third-order valence-corrected chi connectivity index (χ3v) is 36.7. The van der Waals surface area contributed by atoms with E-state index in [1.54, 1.807) is 22.3 Å². The van der Waals surface area contributed by atoms with Crippen molar-refractivity contribution in [2.24, 2.45) is 47.3 Å². The maximum atomic E-state index is 7.14. The molecule has 0 N–H and O–H groups in total. The number of aromatic nitrogens is 1. The second-order valence-electron chi connectivity index (χ2n) is 40.2. The van der Waals surface area contributed by atoms with Gasteiger partial charge in [-0.15, -0.1) is 0 Å². The average molecular weight is 1720 g/mol. The minimum absolute atomic E-state index is 0.165. The number of nitrogens with zero attached hydrogens (tertiary/aromatic N) is 3. The lowest BCUT2D eigenvalue weighted by Crippen LogP contribution is -2.56. The van der Waals surface area contributed by atoms with E-state index < -0.39 is 8.07 Å². The Kier molecular flexibility index (Phi) is 17.0. The third kappa shape index (κ3) is 11.5. The van der Waals surface area contributed by atoms with E-state index in [1.807, 2.05) is 12.1 Å². The van der Waals surface area contributed by atoms with Gasteiger partial charge < -0.3 is 33.0 Å². The van der Waals surface area contributed by atoms with Crippen molar-refractivity contribution in [3.8, 4) is 107 Å². The van der Waals surface area contributed by atoms with E-state index in [0.717, 1.165) is 138 Å². The number of hydrogen-bond donors (Lipinski definition) is 0. The average Bonchev–Trinajstić information content (AvgIpc) is 1.50. The molecule has 12 aliphatic rings. The van der Waals surface area contributed by atoms with Crippen LogP contribution in [0, 0.1) is 47.3 Å². The van der Waals surface area contributed by atoms with Gasteiger partial charge in [-0.2, -0.15) is 0 Å². The molecular weight excluding hydrogens is 1620 g/mol. The largest absolute Gasteiger partial charge is 0.457 e. The molecular formula is C124H97N3O4Si. The molecule has 19 aromatic rings. The second kappa shape index (κ2) is 29.3. The molecule has 31 rings (SSSR count). The van der Waals surface area contributed by atoms with Crippen molar-refractivity contribution < 1.29 is 18.6 Å². The normalized spacial score (nSPS) is 22.0. The number of benzene rings is 17. The highest BCUT2D eigenvalue weighted by molar-refractivity contribution is 7.02. The summed E-state index contributed by atoms with van der Waals surface area (Å²) >= 11 is 0. The zero-order chi connectivity index (χ0) is 86.8. The maximum absolute atomic E-state index is 7.14. The highest BCUT2D eigenvalue weighted by atomic mass is 28.3. The molecule has 8 heteroatoms. The first-order valence-electron chi connectivity index (χ1n) is 48.1.